The fourth-order valence-corrected chi connectivity index (χ4v) is 6.67. The Morgan fingerprint density at radius 1 is 1.12 bits per heavy atom. The molecule has 134 valence electrons. The maximum atomic E-state index is 13.1. The van der Waals surface area contributed by atoms with Gasteiger partial charge in [-0.2, -0.15) is 0 Å². The molecule has 4 atom stereocenters. The van der Waals surface area contributed by atoms with Crippen molar-refractivity contribution in [3.05, 3.63) is 64.7 Å². The van der Waals surface area contributed by atoms with Gasteiger partial charge in [0.2, 0.25) is 0 Å². The molecule has 4 unspecified atom stereocenters. The van der Waals surface area contributed by atoms with Gasteiger partial charge >= 0.3 is 0 Å². The molecule has 2 fully saturated rings. The number of hydrogen-bond acceptors (Lipinski definition) is 2. The van der Waals surface area contributed by atoms with E-state index in [0.717, 1.165) is 24.4 Å². The van der Waals surface area contributed by atoms with Crippen LogP contribution >= 0.6 is 11.6 Å². The first-order valence-corrected chi connectivity index (χ1v) is 10.1. The number of nitrogens with zero attached hydrogens (tertiary/aromatic N) is 1. The predicted molar refractivity (Wildman–Crippen MR) is 106 cm³/mol. The Kier molecular flexibility index (Phi) is 3.53. The Hall–Kier alpha value is -1.80. The van der Waals surface area contributed by atoms with Gasteiger partial charge in [-0.15, -0.1) is 0 Å². The van der Waals surface area contributed by atoms with Crippen LogP contribution in [0.5, 0.6) is 0 Å². The molecule has 0 amide bonds. The molecule has 1 heterocycles. The molecule has 26 heavy (non-hydrogen) atoms. The Balaban J connectivity index is 1.73. The highest BCUT2D eigenvalue weighted by molar-refractivity contribution is 6.32. The van der Waals surface area contributed by atoms with E-state index in [1.165, 1.54) is 16.8 Å². The van der Waals surface area contributed by atoms with E-state index >= 15 is 0 Å². The van der Waals surface area contributed by atoms with Gasteiger partial charge in [0, 0.05) is 46.1 Å². The second-order valence-corrected chi connectivity index (χ2v) is 8.83. The molecule has 0 spiro atoms. The standard InChI is InChI=1S/C23H24ClNO/c1-14(2)23-17-12-11-16(21(17)26)22(23)25(13-15-7-4-3-5-8-15)19-10-6-9-18(24)20(19)23/h3-10,14,16-17,22H,11-13H2,1-2H3. The van der Waals surface area contributed by atoms with Crippen molar-refractivity contribution in [3.63, 3.8) is 0 Å². The summed E-state index contributed by atoms with van der Waals surface area (Å²) >= 11 is 6.78. The third-order valence-electron chi connectivity index (χ3n) is 7.14. The van der Waals surface area contributed by atoms with Gasteiger partial charge in [0.1, 0.15) is 5.78 Å². The number of hydrogen-bond donors (Lipinski definition) is 0. The number of rotatable bonds is 3. The van der Waals surface area contributed by atoms with Crippen LogP contribution in [0.25, 0.3) is 0 Å². The van der Waals surface area contributed by atoms with Crippen LogP contribution in [-0.4, -0.2) is 11.8 Å². The predicted octanol–water partition coefficient (Wildman–Crippen LogP) is 5.23. The SMILES string of the molecule is CC(C)C12c3c(Cl)cccc3N(Cc3ccccc3)C1C1CCC2C1=O. The van der Waals surface area contributed by atoms with Gasteiger partial charge in [-0.05, 0) is 36.5 Å². The van der Waals surface area contributed by atoms with Crippen molar-refractivity contribution < 1.29 is 4.79 Å². The molecule has 2 aliphatic carbocycles. The van der Waals surface area contributed by atoms with Crippen molar-refractivity contribution in [2.24, 2.45) is 17.8 Å². The number of ketones is 1. The van der Waals surface area contributed by atoms with Crippen LogP contribution in [0, 0.1) is 17.8 Å². The second-order valence-electron chi connectivity index (χ2n) is 8.42. The summed E-state index contributed by atoms with van der Waals surface area (Å²) in [5.41, 5.74) is 3.62. The maximum absolute atomic E-state index is 13.1. The summed E-state index contributed by atoms with van der Waals surface area (Å²) in [5, 5.41) is 0.831. The minimum atomic E-state index is -0.136. The molecule has 1 aliphatic heterocycles. The number of Topliss-reactive ketones (excluding diaryl/α,β-unsaturated/α-hetero) is 1. The Labute approximate surface area is 160 Å². The smallest absolute Gasteiger partial charge is 0.142 e. The van der Waals surface area contributed by atoms with Crippen LogP contribution in [0.15, 0.2) is 48.5 Å². The average molecular weight is 366 g/mol. The number of carbonyl (C=O) groups is 1. The van der Waals surface area contributed by atoms with E-state index in [-0.39, 0.29) is 23.3 Å². The normalized spacial score (nSPS) is 31.6. The van der Waals surface area contributed by atoms with Crippen molar-refractivity contribution in [2.75, 3.05) is 4.90 Å². The Bertz CT molecular complexity index is 877. The lowest BCUT2D eigenvalue weighted by Gasteiger charge is -2.44. The highest BCUT2D eigenvalue weighted by Crippen LogP contribution is 2.66. The van der Waals surface area contributed by atoms with Crippen molar-refractivity contribution in [2.45, 2.75) is 44.7 Å². The van der Waals surface area contributed by atoms with Crippen LogP contribution in [0.4, 0.5) is 5.69 Å². The van der Waals surface area contributed by atoms with Crippen LogP contribution in [0.2, 0.25) is 5.02 Å². The minimum Gasteiger partial charge on any atom is -0.362 e. The zero-order valence-corrected chi connectivity index (χ0v) is 16.0. The van der Waals surface area contributed by atoms with Gasteiger partial charge in [0.05, 0.1) is 0 Å². The summed E-state index contributed by atoms with van der Waals surface area (Å²) in [5.74, 6) is 1.13. The van der Waals surface area contributed by atoms with E-state index in [0.29, 0.717) is 11.7 Å². The van der Waals surface area contributed by atoms with Crippen molar-refractivity contribution in [1.29, 1.82) is 0 Å². The lowest BCUT2D eigenvalue weighted by molar-refractivity contribution is -0.122. The molecule has 0 aromatic heterocycles. The van der Waals surface area contributed by atoms with Gasteiger partial charge in [-0.25, -0.2) is 0 Å². The average Bonchev–Trinajstić information content (AvgIpc) is 3.22. The summed E-state index contributed by atoms with van der Waals surface area (Å²) in [6, 6.07) is 17.1. The second kappa shape index (κ2) is 5.60. The van der Waals surface area contributed by atoms with E-state index in [1.54, 1.807) is 0 Å². The fourth-order valence-electron chi connectivity index (χ4n) is 6.34. The van der Waals surface area contributed by atoms with E-state index < -0.39 is 0 Å². The number of halogens is 1. The van der Waals surface area contributed by atoms with E-state index in [1.807, 2.05) is 6.07 Å². The Morgan fingerprint density at radius 3 is 2.62 bits per heavy atom. The molecule has 2 aromatic carbocycles. The molecule has 2 saturated carbocycles. The number of fused-ring (bicyclic) bond motifs is 7. The fraction of sp³-hybridized carbons (Fsp3) is 0.435. The van der Waals surface area contributed by atoms with Crippen LogP contribution in [0.3, 0.4) is 0 Å². The number of anilines is 1. The van der Waals surface area contributed by atoms with E-state index in [4.69, 9.17) is 11.6 Å². The molecule has 0 saturated heterocycles. The summed E-state index contributed by atoms with van der Waals surface area (Å²) < 4.78 is 0. The minimum absolute atomic E-state index is 0.122. The first-order valence-electron chi connectivity index (χ1n) is 9.70. The lowest BCUT2D eigenvalue weighted by Crippen LogP contribution is -2.51. The molecule has 0 radical (unpaired) electrons. The third kappa shape index (κ3) is 1.86. The molecule has 2 bridgehead atoms. The van der Waals surface area contributed by atoms with Gasteiger partial charge in [0.15, 0.2) is 0 Å². The summed E-state index contributed by atoms with van der Waals surface area (Å²) in [6.07, 6.45) is 2.04. The Morgan fingerprint density at radius 2 is 1.88 bits per heavy atom. The lowest BCUT2D eigenvalue weighted by atomic mass is 9.61. The number of carbonyl (C=O) groups excluding carboxylic acids is 1. The van der Waals surface area contributed by atoms with Crippen LogP contribution in [0.1, 0.15) is 37.8 Å². The summed E-state index contributed by atoms with van der Waals surface area (Å²) in [4.78, 5) is 15.6. The molecule has 2 nitrogen and oxygen atoms in total. The van der Waals surface area contributed by atoms with E-state index in [9.17, 15) is 4.79 Å². The van der Waals surface area contributed by atoms with Crippen LogP contribution in [-0.2, 0) is 16.8 Å². The maximum Gasteiger partial charge on any atom is 0.142 e. The van der Waals surface area contributed by atoms with Gasteiger partial charge in [0.25, 0.3) is 0 Å². The topological polar surface area (TPSA) is 20.3 Å². The summed E-state index contributed by atoms with van der Waals surface area (Å²) in [6.45, 7) is 5.39. The zero-order valence-electron chi connectivity index (χ0n) is 15.3. The van der Waals surface area contributed by atoms with Crippen molar-refractivity contribution in [1.82, 2.24) is 0 Å². The van der Waals surface area contributed by atoms with E-state index in [2.05, 4.69) is 61.2 Å². The van der Waals surface area contributed by atoms with Gasteiger partial charge in [-0.3, -0.25) is 4.79 Å². The molecular weight excluding hydrogens is 342 g/mol. The highest BCUT2D eigenvalue weighted by atomic mass is 35.5. The number of benzene rings is 2. The van der Waals surface area contributed by atoms with Crippen LogP contribution < -0.4 is 4.90 Å². The molecular formula is C23H24ClNO. The quantitative estimate of drug-likeness (QED) is 0.742. The summed E-state index contributed by atoms with van der Waals surface area (Å²) in [7, 11) is 0. The zero-order chi connectivity index (χ0) is 18.1. The molecule has 3 aliphatic rings. The molecule has 0 N–H and O–H groups in total. The molecule has 3 heteroatoms. The highest BCUT2D eigenvalue weighted by Gasteiger charge is 2.70. The van der Waals surface area contributed by atoms with Gasteiger partial charge in [-0.1, -0.05) is 61.8 Å². The first kappa shape index (κ1) is 16.4. The van der Waals surface area contributed by atoms with Crippen molar-refractivity contribution in [3.8, 4) is 0 Å². The van der Waals surface area contributed by atoms with Gasteiger partial charge < -0.3 is 4.90 Å². The van der Waals surface area contributed by atoms with Crippen molar-refractivity contribution >= 4 is 23.1 Å². The molecule has 5 rings (SSSR count). The third-order valence-corrected chi connectivity index (χ3v) is 7.46. The molecule has 2 aromatic rings. The largest absolute Gasteiger partial charge is 0.362 e. The monoisotopic (exact) mass is 365 g/mol. The first-order chi connectivity index (χ1) is 12.6.